The van der Waals surface area contributed by atoms with Gasteiger partial charge in [0.15, 0.2) is 5.58 Å². The maximum atomic E-state index is 12.9. The summed E-state index contributed by atoms with van der Waals surface area (Å²) in [7, 11) is -1.96. The average molecular weight is 337 g/mol. The number of aryl methyl sites for hydroxylation is 1. The first-order valence-electron chi connectivity index (χ1n) is 7.80. The predicted molar refractivity (Wildman–Crippen MR) is 84.8 cm³/mol. The SMILES string of the molecule is Cn1c(=O)oc2cc(S(=O)(=O)N3CCN4CCC[C@H]4C3)ccc21. The van der Waals surface area contributed by atoms with Crippen LogP contribution in [-0.4, -0.2) is 54.4 Å². The first-order valence-corrected chi connectivity index (χ1v) is 9.24. The molecular formula is C15H19N3O4S. The molecule has 0 amide bonds. The Morgan fingerprint density at radius 1 is 1.22 bits per heavy atom. The topological polar surface area (TPSA) is 75.8 Å². The molecule has 7 nitrogen and oxygen atoms in total. The summed E-state index contributed by atoms with van der Waals surface area (Å²) in [5.74, 6) is -0.492. The van der Waals surface area contributed by atoms with Gasteiger partial charge in [-0.05, 0) is 31.5 Å². The smallest absolute Gasteiger partial charge is 0.408 e. The molecular weight excluding hydrogens is 318 g/mol. The van der Waals surface area contributed by atoms with Crippen LogP contribution in [0.4, 0.5) is 0 Å². The van der Waals surface area contributed by atoms with Crippen molar-refractivity contribution in [2.45, 2.75) is 23.8 Å². The number of fused-ring (bicyclic) bond motifs is 2. The third kappa shape index (κ3) is 2.32. The maximum absolute atomic E-state index is 12.9. The minimum Gasteiger partial charge on any atom is -0.408 e. The number of oxazole rings is 1. The molecule has 0 saturated carbocycles. The highest BCUT2D eigenvalue weighted by Gasteiger charge is 2.36. The molecule has 0 aliphatic carbocycles. The summed E-state index contributed by atoms with van der Waals surface area (Å²) in [6.07, 6.45) is 2.19. The molecule has 0 N–H and O–H groups in total. The van der Waals surface area contributed by atoms with Crippen LogP contribution in [0.25, 0.3) is 11.1 Å². The Kier molecular flexibility index (Phi) is 3.36. The molecule has 2 saturated heterocycles. The number of sulfonamides is 1. The molecule has 2 aromatic rings. The third-order valence-corrected chi connectivity index (χ3v) is 6.81. The van der Waals surface area contributed by atoms with Crippen molar-refractivity contribution in [2.24, 2.45) is 7.05 Å². The Morgan fingerprint density at radius 2 is 2.04 bits per heavy atom. The molecule has 8 heteroatoms. The Bertz CT molecular complexity index is 914. The van der Waals surface area contributed by atoms with Gasteiger partial charge < -0.3 is 4.42 Å². The van der Waals surface area contributed by atoms with E-state index in [9.17, 15) is 13.2 Å². The minimum absolute atomic E-state index is 0.186. The lowest BCUT2D eigenvalue weighted by Crippen LogP contribution is -2.51. The number of piperazine rings is 1. The van der Waals surface area contributed by atoms with Crippen LogP contribution in [0.2, 0.25) is 0 Å². The van der Waals surface area contributed by atoms with Crippen LogP contribution in [-0.2, 0) is 17.1 Å². The molecule has 1 aromatic heterocycles. The summed E-state index contributed by atoms with van der Waals surface area (Å²) in [6.45, 7) is 2.90. The summed E-state index contributed by atoms with van der Waals surface area (Å²) in [5.41, 5.74) is 0.896. The maximum Gasteiger partial charge on any atom is 0.419 e. The van der Waals surface area contributed by atoms with Gasteiger partial charge in [-0.15, -0.1) is 0 Å². The molecule has 1 atom stereocenters. The van der Waals surface area contributed by atoms with E-state index in [-0.39, 0.29) is 4.90 Å². The molecule has 0 radical (unpaired) electrons. The van der Waals surface area contributed by atoms with E-state index < -0.39 is 15.8 Å². The normalized spacial score (nSPS) is 23.4. The van der Waals surface area contributed by atoms with E-state index in [2.05, 4.69) is 4.90 Å². The van der Waals surface area contributed by atoms with Crippen molar-refractivity contribution in [3.63, 3.8) is 0 Å². The molecule has 3 heterocycles. The summed E-state index contributed by atoms with van der Waals surface area (Å²) in [5, 5.41) is 0. The summed E-state index contributed by atoms with van der Waals surface area (Å²) in [4.78, 5) is 14.1. The van der Waals surface area contributed by atoms with Gasteiger partial charge in [0.2, 0.25) is 10.0 Å². The van der Waals surface area contributed by atoms with Crippen LogP contribution in [0.3, 0.4) is 0 Å². The number of hydrogen-bond donors (Lipinski definition) is 0. The fourth-order valence-electron chi connectivity index (χ4n) is 3.60. The number of hydrogen-bond acceptors (Lipinski definition) is 5. The largest absolute Gasteiger partial charge is 0.419 e. The van der Waals surface area contributed by atoms with Crippen LogP contribution in [0.15, 0.2) is 32.3 Å². The number of nitrogens with zero attached hydrogens (tertiary/aromatic N) is 3. The van der Waals surface area contributed by atoms with Gasteiger partial charge in [0.1, 0.15) is 0 Å². The number of benzene rings is 1. The highest BCUT2D eigenvalue weighted by molar-refractivity contribution is 7.89. The number of aromatic nitrogens is 1. The lowest BCUT2D eigenvalue weighted by Gasteiger charge is -2.36. The van der Waals surface area contributed by atoms with Gasteiger partial charge in [-0.25, -0.2) is 13.2 Å². The van der Waals surface area contributed by atoms with E-state index >= 15 is 0 Å². The Morgan fingerprint density at radius 3 is 2.87 bits per heavy atom. The zero-order valence-corrected chi connectivity index (χ0v) is 13.8. The summed E-state index contributed by atoms with van der Waals surface area (Å²) >= 11 is 0. The van der Waals surface area contributed by atoms with E-state index in [0.717, 1.165) is 25.9 Å². The van der Waals surface area contributed by atoms with E-state index in [1.54, 1.807) is 23.5 Å². The van der Waals surface area contributed by atoms with Crippen LogP contribution < -0.4 is 5.76 Å². The minimum atomic E-state index is -3.56. The Labute approximate surface area is 134 Å². The van der Waals surface area contributed by atoms with Gasteiger partial charge in [0.25, 0.3) is 0 Å². The van der Waals surface area contributed by atoms with E-state index in [4.69, 9.17) is 4.42 Å². The predicted octanol–water partition coefficient (Wildman–Crippen LogP) is 0.600. The van der Waals surface area contributed by atoms with Crippen molar-refractivity contribution in [3.8, 4) is 0 Å². The van der Waals surface area contributed by atoms with E-state index in [0.29, 0.717) is 30.2 Å². The van der Waals surface area contributed by atoms with Crippen molar-refractivity contribution < 1.29 is 12.8 Å². The molecule has 124 valence electrons. The molecule has 2 aliphatic heterocycles. The van der Waals surface area contributed by atoms with Crippen LogP contribution in [0.5, 0.6) is 0 Å². The van der Waals surface area contributed by atoms with Gasteiger partial charge >= 0.3 is 5.76 Å². The van der Waals surface area contributed by atoms with Crippen molar-refractivity contribution in [2.75, 3.05) is 26.2 Å². The first-order chi connectivity index (χ1) is 11.0. The van der Waals surface area contributed by atoms with E-state index in [1.807, 2.05) is 0 Å². The monoisotopic (exact) mass is 337 g/mol. The van der Waals surface area contributed by atoms with Gasteiger partial charge in [-0.2, -0.15) is 4.31 Å². The zero-order chi connectivity index (χ0) is 16.2. The second-order valence-electron chi connectivity index (χ2n) is 6.25. The highest BCUT2D eigenvalue weighted by atomic mass is 32.2. The lowest BCUT2D eigenvalue weighted by molar-refractivity contribution is 0.158. The van der Waals surface area contributed by atoms with Gasteiger partial charge in [-0.1, -0.05) is 0 Å². The second-order valence-corrected chi connectivity index (χ2v) is 8.19. The highest BCUT2D eigenvalue weighted by Crippen LogP contribution is 2.27. The molecule has 0 bridgehead atoms. The zero-order valence-electron chi connectivity index (χ0n) is 12.9. The number of rotatable bonds is 2. The molecule has 2 fully saturated rings. The average Bonchev–Trinajstić information content (AvgIpc) is 3.11. The van der Waals surface area contributed by atoms with Crippen LogP contribution in [0, 0.1) is 0 Å². The quantitative estimate of drug-likeness (QED) is 0.802. The van der Waals surface area contributed by atoms with Crippen molar-refractivity contribution in [1.29, 1.82) is 0 Å². The molecule has 4 rings (SSSR count). The van der Waals surface area contributed by atoms with Crippen LogP contribution >= 0.6 is 0 Å². The lowest BCUT2D eigenvalue weighted by atomic mass is 10.2. The second kappa shape index (κ2) is 5.19. The van der Waals surface area contributed by atoms with E-state index in [1.165, 1.54) is 10.6 Å². The molecule has 0 unspecified atom stereocenters. The Balaban J connectivity index is 1.69. The molecule has 2 aliphatic rings. The molecule has 1 aromatic carbocycles. The van der Waals surface area contributed by atoms with Gasteiger partial charge in [0.05, 0.1) is 10.4 Å². The van der Waals surface area contributed by atoms with Gasteiger partial charge in [-0.3, -0.25) is 9.47 Å². The first kappa shape index (κ1) is 14.9. The third-order valence-electron chi connectivity index (χ3n) is 4.95. The van der Waals surface area contributed by atoms with Crippen molar-refractivity contribution in [3.05, 3.63) is 28.7 Å². The van der Waals surface area contributed by atoms with Crippen molar-refractivity contribution in [1.82, 2.24) is 13.8 Å². The fourth-order valence-corrected chi connectivity index (χ4v) is 5.09. The van der Waals surface area contributed by atoms with Gasteiger partial charge in [0, 0.05) is 38.8 Å². The van der Waals surface area contributed by atoms with Crippen molar-refractivity contribution >= 4 is 21.1 Å². The molecule has 23 heavy (non-hydrogen) atoms. The molecule has 0 spiro atoms. The fraction of sp³-hybridized carbons (Fsp3) is 0.533. The Hall–Kier alpha value is -1.64. The van der Waals surface area contributed by atoms with Crippen LogP contribution in [0.1, 0.15) is 12.8 Å². The standard InChI is InChI=1S/C15H19N3O4S/c1-16-13-5-4-12(9-14(13)22-15(16)19)23(20,21)18-8-7-17-6-2-3-11(17)10-18/h4-5,9,11H,2-3,6-8,10H2,1H3/t11-/m0/s1. The summed E-state index contributed by atoms with van der Waals surface area (Å²) < 4.78 is 33.8. The summed E-state index contributed by atoms with van der Waals surface area (Å²) in [6, 6.07) is 4.96.